The van der Waals surface area contributed by atoms with Crippen LogP contribution in [-0.4, -0.2) is 4.98 Å². The molecule has 0 saturated heterocycles. The third-order valence-corrected chi connectivity index (χ3v) is 3.32. The van der Waals surface area contributed by atoms with E-state index in [2.05, 4.69) is 9.71 Å². The van der Waals surface area contributed by atoms with Crippen molar-refractivity contribution < 1.29 is 13.2 Å². The lowest BCUT2D eigenvalue weighted by atomic mass is 10.2. The zero-order valence-corrected chi connectivity index (χ0v) is 11.0. The van der Waals surface area contributed by atoms with Crippen molar-refractivity contribution in [2.45, 2.75) is 11.1 Å². The van der Waals surface area contributed by atoms with Crippen LogP contribution in [0.3, 0.4) is 0 Å². The van der Waals surface area contributed by atoms with E-state index in [1.54, 1.807) is 0 Å². The predicted molar refractivity (Wildman–Crippen MR) is 70.2 cm³/mol. The molecule has 1 aromatic heterocycles. The number of pyridine rings is 1. The van der Waals surface area contributed by atoms with Gasteiger partial charge in [-0.1, -0.05) is 29.8 Å². The van der Waals surface area contributed by atoms with Gasteiger partial charge in [0.1, 0.15) is 0 Å². The van der Waals surface area contributed by atoms with Gasteiger partial charge in [-0.25, -0.2) is 4.98 Å². The van der Waals surface area contributed by atoms with Crippen molar-refractivity contribution in [2.75, 3.05) is 4.72 Å². The Labute approximate surface area is 117 Å². The van der Waals surface area contributed by atoms with E-state index < -0.39 is 11.7 Å². The fourth-order valence-corrected chi connectivity index (χ4v) is 2.16. The number of nitrogens with zero attached hydrogens (tertiary/aromatic N) is 1. The summed E-state index contributed by atoms with van der Waals surface area (Å²) in [7, 11) is 0. The van der Waals surface area contributed by atoms with Crippen LogP contribution in [0.2, 0.25) is 5.15 Å². The standard InChI is InChI=1S/C12H8ClF3N2S/c13-11-10(6-8(7-17-11)12(14,15)16)18-19-9-4-2-1-3-5-9/h1-7,18H. The van der Waals surface area contributed by atoms with Crippen molar-refractivity contribution in [2.24, 2.45) is 0 Å². The van der Waals surface area contributed by atoms with Gasteiger partial charge >= 0.3 is 6.18 Å². The average Bonchev–Trinajstić information content (AvgIpc) is 2.37. The van der Waals surface area contributed by atoms with Gasteiger partial charge in [0.05, 0.1) is 11.3 Å². The van der Waals surface area contributed by atoms with E-state index in [0.29, 0.717) is 6.20 Å². The van der Waals surface area contributed by atoms with E-state index >= 15 is 0 Å². The average molecular weight is 305 g/mol. The molecule has 2 rings (SSSR count). The molecule has 0 unspecified atom stereocenters. The summed E-state index contributed by atoms with van der Waals surface area (Å²) < 4.78 is 40.4. The van der Waals surface area contributed by atoms with E-state index in [4.69, 9.17) is 11.6 Å². The van der Waals surface area contributed by atoms with E-state index in [0.717, 1.165) is 11.0 Å². The largest absolute Gasteiger partial charge is 0.417 e. The molecule has 0 radical (unpaired) electrons. The van der Waals surface area contributed by atoms with E-state index in [9.17, 15) is 13.2 Å². The van der Waals surface area contributed by atoms with Gasteiger partial charge in [-0.2, -0.15) is 13.2 Å². The van der Waals surface area contributed by atoms with E-state index in [-0.39, 0.29) is 10.8 Å². The second kappa shape index (κ2) is 5.71. The molecule has 0 spiro atoms. The molecule has 19 heavy (non-hydrogen) atoms. The van der Waals surface area contributed by atoms with Crippen LogP contribution < -0.4 is 4.72 Å². The minimum absolute atomic E-state index is 0.00330. The van der Waals surface area contributed by atoms with Gasteiger partial charge in [0.2, 0.25) is 0 Å². The molecule has 2 nitrogen and oxygen atoms in total. The molecule has 0 aliphatic carbocycles. The van der Waals surface area contributed by atoms with Crippen LogP contribution in [-0.2, 0) is 6.18 Å². The smallest absolute Gasteiger partial charge is 0.323 e. The maximum absolute atomic E-state index is 12.5. The number of alkyl halides is 3. The molecule has 1 heterocycles. The van der Waals surface area contributed by atoms with E-state index in [1.165, 1.54) is 11.9 Å². The zero-order valence-electron chi connectivity index (χ0n) is 9.41. The quantitative estimate of drug-likeness (QED) is 0.646. The summed E-state index contributed by atoms with van der Waals surface area (Å²) in [5.74, 6) is 0. The Morgan fingerprint density at radius 3 is 2.47 bits per heavy atom. The van der Waals surface area contributed by atoms with Crippen LogP contribution in [0.25, 0.3) is 0 Å². The molecule has 2 aromatic rings. The summed E-state index contributed by atoms with van der Waals surface area (Å²) in [6.45, 7) is 0. The lowest BCUT2D eigenvalue weighted by molar-refractivity contribution is -0.137. The Morgan fingerprint density at radius 1 is 1.16 bits per heavy atom. The van der Waals surface area contributed by atoms with Crippen molar-refractivity contribution in [3.8, 4) is 0 Å². The zero-order chi connectivity index (χ0) is 13.9. The molecular weight excluding hydrogens is 297 g/mol. The van der Waals surface area contributed by atoms with Gasteiger partial charge in [0, 0.05) is 11.1 Å². The predicted octanol–water partition coefficient (Wildman–Crippen LogP) is 4.87. The van der Waals surface area contributed by atoms with E-state index in [1.807, 2.05) is 30.3 Å². The molecule has 0 bridgehead atoms. The van der Waals surface area contributed by atoms with Gasteiger partial charge in [-0.15, -0.1) is 0 Å². The second-order valence-corrected chi connectivity index (χ2v) is 4.81. The maximum atomic E-state index is 12.5. The highest BCUT2D eigenvalue weighted by molar-refractivity contribution is 8.00. The summed E-state index contributed by atoms with van der Waals surface area (Å²) in [5.41, 5.74) is -0.710. The monoisotopic (exact) mass is 304 g/mol. The molecule has 1 N–H and O–H groups in total. The second-order valence-electron chi connectivity index (χ2n) is 3.58. The number of benzene rings is 1. The number of halogens is 4. The van der Waals surface area contributed by atoms with Crippen LogP contribution in [0.15, 0.2) is 47.5 Å². The highest BCUT2D eigenvalue weighted by Crippen LogP contribution is 2.34. The first-order valence-corrected chi connectivity index (χ1v) is 6.37. The van der Waals surface area contributed by atoms with Crippen LogP contribution >= 0.6 is 23.5 Å². The van der Waals surface area contributed by atoms with Crippen molar-refractivity contribution >= 4 is 29.2 Å². The van der Waals surface area contributed by atoms with Crippen molar-refractivity contribution in [1.82, 2.24) is 4.98 Å². The molecule has 0 atom stereocenters. The third-order valence-electron chi connectivity index (χ3n) is 2.19. The first-order chi connectivity index (χ1) is 8.97. The van der Waals surface area contributed by atoms with Crippen LogP contribution in [0.4, 0.5) is 18.9 Å². The topological polar surface area (TPSA) is 24.9 Å². The molecule has 0 saturated carbocycles. The maximum Gasteiger partial charge on any atom is 0.417 e. The number of hydrogen-bond donors (Lipinski definition) is 1. The Balaban J connectivity index is 2.16. The number of anilines is 1. The summed E-state index contributed by atoms with van der Waals surface area (Å²) in [6, 6.07) is 10.1. The van der Waals surface area contributed by atoms with Gasteiger partial charge < -0.3 is 4.72 Å². The molecule has 0 amide bonds. The number of rotatable bonds is 3. The highest BCUT2D eigenvalue weighted by Gasteiger charge is 2.31. The number of aromatic nitrogens is 1. The minimum Gasteiger partial charge on any atom is -0.323 e. The SMILES string of the molecule is FC(F)(F)c1cnc(Cl)c(NSc2ccccc2)c1. The summed E-state index contributed by atoms with van der Waals surface area (Å²) >= 11 is 6.92. The van der Waals surface area contributed by atoms with Crippen molar-refractivity contribution in [3.05, 3.63) is 53.3 Å². The number of nitrogens with one attached hydrogen (secondary N) is 1. The molecule has 7 heteroatoms. The van der Waals surface area contributed by atoms with Crippen LogP contribution in [0.1, 0.15) is 5.56 Å². The Hall–Kier alpha value is -1.40. The fraction of sp³-hybridized carbons (Fsp3) is 0.0833. The van der Waals surface area contributed by atoms with Gasteiger partial charge in [0.15, 0.2) is 5.15 Å². The van der Waals surface area contributed by atoms with Crippen LogP contribution in [0.5, 0.6) is 0 Å². The van der Waals surface area contributed by atoms with Crippen LogP contribution in [0, 0.1) is 0 Å². The lowest BCUT2D eigenvalue weighted by Crippen LogP contribution is -2.06. The minimum atomic E-state index is -4.44. The third kappa shape index (κ3) is 3.78. The van der Waals surface area contributed by atoms with Crippen molar-refractivity contribution in [1.29, 1.82) is 0 Å². The fourth-order valence-electron chi connectivity index (χ4n) is 1.28. The molecule has 0 fully saturated rings. The first kappa shape index (κ1) is 14.0. The van der Waals surface area contributed by atoms with Gasteiger partial charge in [0.25, 0.3) is 0 Å². The van der Waals surface area contributed by atoms with Crippen molar-refractivity contribution in [3.63, 3.8) is 0 Å². The Morgan fingerprint density at radius 2 is 1.84 bits per heavy atom. The number of hydrogen-bond acceptors (Lipinski definition) is 3. The molecule has 100 valence electrons. The van der Waals surface area contributed by atoms with Gasteiger partial charge in [-0.05, 0) is 30.1 Å². The summed E-state index contributed by atoms with van der Waals surface area (Å²) in [5, 5.41) is -0.00330. The first-order valence-electron chi connectivity index (χ1n) is 5.17. The molecule has 0 aliphatic rings. The lowest BCUT2D eigenvalue weighted by Gasteiger charge is -2.10. The highest BCUT2D eigenvalue weighted by atomic mass is 35.5. The van der Waals surface area contributed by atoms with Gasteiger partial charge in [-0.3, -0.25) is 0 Å². The Bertz CT molecular complexity index is 561. The summed E-state index contributed by atoms with van der Waals surface area (Å²) in [4.78, 5) is 4.38. The molecule has 0 aliphatic heterocycles. The summed E-state index contributed by atoms with van der Waals surface area (Å²) in [6.07, 6.45) is -3.73. The molecule has 1 aromatic carbocycles. The molecular formula is C12H8ClF3N2S. The Kier molecular flexibility index (Phi) is 4.21. The normalized spacial score (nSPS) is 11.4.